The predicted molar refractivity (Wildman–Crippen MR) is 80.0 cm³/mol. The van der Waals surface area contributed by atoms with Crippen molar-refractivity contribution in [2.24, 2.45) is 0 Å². The van der Waals surface area contributed by atoms with E-state index in [0.717, 1.165) is 12.8 Å². The number of nitrogens with zero attached hydrogens (tertiary/aromatic N) is 2. The Labute approximate surface area is 127 Å². The van der Waals surface area contributed by atoms with Gasteiger partial charge in [0.2, 0.25) is 5.91 Å². The molecule has 1 aromatic rings. The Balaban J connectivity index is 2.05. The molecule has 8 heteroatoms. The Morgan fingerprint density at radius 3 is 3.00 bits per heavy atom. The monoisotopic (exact) mass is 309 g/mol. The van der Waals surface area contributed by atoms with Gasteiger partial charge in [-0.2, -0.15) is 0 Å². The van der Waals surface area contributed by atoms with E-state index in [1.807, 2.05) is 0 Å². The van der Waals surface area contributed by atoms with Crippen molar-refractivity contribution in [1.29, 1.82) is 0 Å². The molecule has 1 saturated heterocycles. The summed E-state index contributed by atoms with van der Waals surface area (Å²) in [5.74, 6) is 0.281. The molecule has 2 N–H and O–H groups in total. The topological polar surface area (TPSA) is 105 Å². The predicted octanol–water partition coefficient (Wildman–Crippen LogP) is 0.999. The van der Waals surface area contributed by atoms with Crippen LogP contribution in [0.5, 0.6) is 5.75 Å². The number of ether oxygens (including phenoxy) is 1. The molecular weight excluding hydrogens is 290 g/mol. The summed E-state index contributed by atoms with van der Waals surface area (Å²) in [5, 5.41) is 22.9. The van der Waals surface area contributed by atoms with Gasteiger partial charge in [-0.25, -0.2) is 0 Å². The molecule has 120 valence electrons. The first-order chi connectivity index (χ1) is 10.6. The number of hydrogen-bond acceptors (Lipinski definition) is 6. The van der Waals surface area contributed by atoms with Gasteiger partial charge in [-0.05, 0) is 18.9 Å². The molecule has 1 atom stereocenters. The van der Waals surface area contributed by atoms with Crippen molar-refractivity contribution in [3.63, 3.8) is 0 Å². The van der Waals surface area contributed by atoms with Gasteiger partial charge in [0, 0.05) is 18.7 Å². The molecule has 0 unspecified atom stereocenters. The number of aliphatic hydroxyl groups is 1. The first kappa shape index (κ1) is 16.0. The van der Waals surface area contributed by atoms with Crippen LogP contribution in [0.4, 0.5) is 11.4 Å². The number of rotatable bonds is 6. The van der Waals surface area contributed by atoms with Crippen LogP contribution in [-0.2, 0) is 4.79 Å². The van der Waals surface area contributed by atoms with Crippen LogP contribution in [0.15, 0.2) is 18.2 Å². The van der Waals surface area contributed by atoms with Gasteiger partial charge in [0.1, 0.15) is 5.75 Å². The number of nitro benzene ring substituents is 1. The van der Waals surface area contributed by atoms with Crippen LogP contribution in [0.3, 0.4) is 0 Å². The first-order valence-corrected chi connectivity index (χ1v) is 7.03. The van der Waals surface area contributed by atoms with Gasteiger partial charge in [-0.15, -0.1) is 0 Å². The number of non-ortho nitro benzene ring substituents is 1. The zero-order valence-corrected chi connectivity index (χ0v) is 12.3. The minimum absolute atomic E-state index is 0.00592. The summed E-state index contributed by atoms with van der Waals surface area (Å²) in [6.45, 7) is 0.567. The van der Waals surface area contributed by atoms with Gasteiger partial charge in [-0.1, -0.05) is 0 Å². The summed E-state index contributed by atoms with van der Waals surface area (Å²) < 4.78 is 5.13. The van der Waals surface area contributed by atoms with Crippen LogP contribution in [0, 0.1) is 10.1 Å². The number of carbonyl (C=O) groups is 1. The molecular formula is C14H19N3O5. The van der Waals surface area contributed by atoms with Crippen molar-refractivity contribution in [3.8, 4) is 5.75 Å². The van der Waals surface area contributed by atoms with E-state index in [0.29, 0.717) is 18.0 Å². The zero-order valence-electron chi connectivity index (χ0n) is 12.3. The molecule has 1 aromatic carbocycles. The fourth-order valence-electron chi connectivity index (χ4n) is 2.57. The Morgan fingerprint density at radius 1 is 1.59 bits per heavy atom. The lowest BCUT2D eigenvalue weighted by Gasteiger charge is -2.23. The molecule has 8 nitrogen and oxygen atoms in total. The lowest BCUT2D eigenvalue weighted by atomic mass is 10.2. The van der Waals surface area contributed by atoms with Crippen LogP contribution >= 0.6 is 0 Å². The highest BCUT2D eigenvalue weighted by atomic mass is 16.6. The van der Waals surface area contributed by atoms with Gasteiger partial charge in [0.05, 0.1) is 36.9 Å². The fourth-order valence-corrected chi connectivity index (χ4v) is 2.57. The number of amides is 1. The van der Waals surface area contributed by atoms with Crippen LogP contribution in [0.25, 0.3) is 0 Å². The molecule has 2 rings (SSSR count). The van der Waals surface area contributed by atoms with Crippen LogP contribution in [0.1, 0.15) is 12.8 Å². The van der Waals surface area contributed by atoms with E-state index in [9.17, 15) is 20.0 Å². The number of benzene rings is 1. The van der Waals surface area contributed by atoms with E-state index in [4.69, 9.17) is 4.74 Å². The van der Waals surface area contributed by atoms with Crippen molar-refractivity contribution in [1.82, 2.24) is 4.90 Å². The number of methoxy groups -OCH3 is 1. The maximum Gasteiger partial charge on any atom is 0.271 e. The smallest absolute Gasteiger partial charge is 0.271 e. The summed E-state index contributed by atoms with van der Waals surface area (Å²) >= 11 is 0. The highest BCUT2D eigenvalue weighted by Gasteiger charge is 2.27. The quantitative estimate of drug-likeness (QED) is 0.600. The van der Waals surface area contributed by atoms with Gasteiger partial charge >= 0.3 is 0 Å². The number of anilines is 1. The van der Waals surface area contributed by atoms with Crippen molar-refractivity contribution < 1.29 is 19.6 Å². The minimum Gasteiger partial charge on any atom is -0.495 e. The van der Waals surface area contributed by atoms with E-state index in [1.165, 1.54) is 25.3 Å². The Hall–Kier alpha value is -2.35. The molecule has 0 saturated carbocycles. The maximum absolute atomic E-state index is 12.2. The minimum atomic E-state index is -0.505. The molecule has 0 aromatic heterocycles. The van der Waals surface area contributed by atoms with Crippen LogP contribution in [-0.4, -0.2) is 53.7 Å². The van der Waals surface area contributed by atoms with Gasteiger partial charge < -0.3 is 20.1 Å². The second-order valence-corrected chi connectivity index (χ2v) is 5.06. The second-order valence-electron chi connectivity index (χ2n) is 5.06. The van der Waals surface area contributed by atoms with Crippen LogP contribution < -0.4 is 10.1 Å². The van der Waals surface area contributed by atoms with Crippen LogP contribution in [0.2, 0.25) is 0 Å². The molecule has 1 aliphatic heterocycles. The van der Waals surface area contributed by atoms with Gasteiger partial charge in [0.15, 0.2) is 0 Å². The highest BCUT2D eigenvalue weighted by molar-refractivity contribution is 5.82. The third-order valence-electron chi connectivity index (χ3n) is 3.73. The normalized spacial score (nSPS) is 17.4. The third-order valence-corrected chi connectivity index (χ3v) is 3.73. The average Bonchev–Trinajstić information content (AvgIpc) is 3.00. The molecule has 0 bridgehead atoms. The second kappa shape index (κ2) is 7.08. The molecule has 1 aliphatic rings. The fraction of sp³-hybridized carbons (Fsp3) is 0.500. The van der Waals surface area contributed by atoms with E-state index in [1.54, 1.807) is 4.90 Å². The Morgan fingerprint density at radius 2 is 2.36 bits per heavy atom. The summed E-state index contributed by atoms with van der Waals surface area (Å²) in [6.07, 6.45) is 1.67. The largest absolute Gasteiger partial charge is 0.495 e. The summed E-state index contributed by atoms with van der Waals surface area (Å²) in [7, 11) is 1.45. The van der Waals surface area contributed by atoms with Crippen molar-refractivity contribution in [2.45, 2.75) is 18.9 Å². The first-order valence-electron chi connectivity index (χ1n) is 7.03. The third kappa shape index (κ3) is 3.45. The summed E-state index contributed by atoms with van der Waals surface area (Å²) in [4.78, 5) is 24.1. The SMILES string of the molecule is COc1ccc([N+](=O)[O-])cc1NCC(=O)N1CCC[C@H]1CO. The number of nitrogens with one attached hydrogen (secondary N) is 1. The number of hydrogen-bond donors (Lipinski definition) is 2. The van der Waals surface area contributed by atoms with Crippen molar-refractivity contribution >= 4 is 17.3 Å². The zero-order chi connectivity index (χ0) is 16.1. The number of aliphatic hydroxyl groups excluding tert-OH is 1. The van der Waals surface area contributed by atoms with E-state index >= 15 is 0 Å². The number of carbonyl (C=O) groups excluding carboxylic acids is 1. The van der Waals surface area contributed by atoms with Gasteiger partial charge in [-0.3, -0.25) is 14.9 Å². The molecule has 0 radical (unpaired) electrons. The molecule has 1 heterocycles. The molecule has 0 aliphatic carbocycles. The number of nitro groups is 1. The summed E-state index contributed by atoms with van der Waals surface area (Å²) in [6, 6.07) is 4.02. The van der Waals surface area contributed by atoms with E-state index in [-0.39, 0.29) is 30.8 Å². The lowest BCUT2D eigenvalue weighted by molar-refractivity contribution is -0.384. The van der Waals surface area contributed by atoms with Crippen molar-refractivity contribution in [3.05, 3.63) is 28.3 Å². The molecule has 1 fully saturated rings. The Bertz CT molecular complexity index is 563. The van der Waals surface area contributed by atoms with E-state index in [2.05, 4.69) is 5.32 Å². The lowest BCUT2D eigenvalue weighted by Crippen LogP contribution is -2.40. The summed E-state index contributed by atoms with van der Waals surface area (Å²) in [5.41, 5.74) is 0.315. The highest BCUT2D eigenvalue weighted by Crippen LogP contribution is 2.28. The Kier molecular flexibility index (Phi) is 5.16. The van der Waals surface area contributed by atoms with E-state index < -0.39 is 4.92 Å². The molecule has 0 spiro atoms. The van der Waals surface area contributed by atoms with Gasteiger partial charge in [0.25, 0.3) is 5.69 Å². The molecule has 22 heavy (non-hydrogen) atoms. The maximum atomic E-state index is 12.2. The van der Waals surface area contributed by atoms with Crippen molar-refractivity contribution in [2.75, 3.05) is 32.1 Å². The average molecular weight is 309 g/mol. The molecule has 1 amide bonds. The number of likely N-dealkylation sites (tertiary alicyclic amines) is 1. The standard InChI is InChI=1S/C14H19N3O5/c1-22-13-5-4-10(17(20)21)7-12(13)15-8-14(19)16-6-2-3-11(16)9-18/h4-5,7,11,15,18H,2-3,6,8-9H2,1H3/t11-/m0/s1.